The lowest BCUT2D eigenvalue weighted by molar-refractivity contribution is -0.134. The van der Waals surface area contributed by atoms with Crippen molar-refractivity contribution < 1.29 is 14.7 Å². The molecule has 4 nitrogen and oxygen atoms in total. The second-order valence-corrected chi connectivity index (χ2v) is 9.95. The van der Waals surface area contributed by atoms with E-state index in [9.17, 15) is 14.7 Å². The van der Waals surface area contributed by atoms with Gasteiger partial charge in [0, 0.05) is 24.3 Å². The maximum atomic E-state index is 13.3. The molecule has 3 aliphatic rings. The van der Waals surface area contributed by atoms with E-state index < -0.39 is 0 Å². The van der Waals surface area contributed by atoms with E-state index in [4.69, 9.17) is 0 Å². The summed E-state index contributed by atoms with van der Waals surface area (Å²) in [7, 11) is 0. The van der Waals surface area contributed by atoms with Gasteiger partial charge in [-0.05, 0) is 79.0 Å². The summed E-state index contributed by atoms with van der Waals surface area (Å²) in [6, 6.07) is 5.81. The number of nitrogens with one attached hydrogen (secondary N) is 1. The number of phenolic OH excluding ortho intramolecular Hbond substituents is 1. The van der Waals surface area contributed by atoms with Crippen molar-refractivity contribution >= 4 is 11.7 Å². The molecule has 2 fully saturated rings. The van der Waals surface area contributed by atoms with Crippen LogP contribution in [0.15, 0.2) is 18.2 Å². The summed E-state index contributed by atoms with van der Waals surface area (Å²) in [5.74, 6) is 2.38. The highest BCUT2D eigenvalue weighted by molar-refractivity contribution is 5.93. The molecule has 0 unspecified atom stereocenters. The van der Waals surface area contributed by atoms with Gasteiger partial charge in [-0.1, -0.05) is 26.8 Å². The monoisotopic (exact) mass is 383 g/mol. The Morgan fingerprint density at radius 3 is 2.86 bits per heavy atom. The summed E-state index contributed by atoms with van der Waals surface area (Å²) in [6.45, 7) is 7.00. The van der Waals surface area contributed by atoms with Crippen molar-refractivity contribution in [3.05, 3.63) is 29.3 Å². The Morgan fingerprint density at radius 2 is 2.11 bits per heavy atom. The Kier molecular flexibility index (Phi) is 5.01. The van der Waals surface area contributed by atoms with Crippen LogP contribution in [0.4, 0.5) is 0 Å². The van der Waals surface area contributed by atoms with Crippen molar-refractivity contribution in [2.45, 2.75) is 65.2 Å². The van der Waals surface area contributed by atoms with Crippen molar-refractivity contribution in [1.29, 1.82) is 0 Å². The van der Waals surface area contributed by atoms with E-state index in [2.05, 4.69) is 32.2 Å². The van der Waals surface area contributed by atoms with Crippen LogP contribution in [0.25, 0.3) is 0 Å². The Bertz CT molecular complexity index is 786. The molecule has 5 atom stereocenters. The minimum Gasteiger partial charge on any atom is -0.508 e. The van der Waals surface area contributed by atoms with E-state index >= 15 is 0 Å². The third-order valence-electron chi connectivity index (χ3n) is 7.71. The molecule has 2 saturated carbocycles. The molecule has 4 heteroatoms. The fourth-order valence-corrected chi connectivity index (χ4v) is 6.30. The lowest BCUT2D eigenvalue weighted by Gasteiger charge is -2.48. The zero-order valence-corrected chi connectivity index (χ0v) is 17.3. The summed E-state index contributed by atoms with van der Waals surface area (Å²) in [5.41, 5.74) is 2.39. The van der Waals surface area contributed by atoms with Gasteiger partial charge in [0.25, 0.3) is 0 Å². The average molecular weight is 384 g/mol. The third kappa shape index (κ3) is 3.25. The van der Waals surface area contributed by atoms with Gasteiger partial charge in [0.15, 0.2) is 0 Å². The number of hydrogen-bond donors (Lipinski definition) is 2. The molecule has 4 rings (SSSR count). The minimum atomic E-state index is -0.265. The molecule has 0 saturated heterocycles. The number of aromatic hydroxyl groups is 1. The molecule has 3 aliphatic carbocycles. The van der Waals surface area contributed by atoms with Gasteiger partial charge >= 0.3 is 0 Å². The van der Waals surface area contributed by atoms with E-state index in [1.165, 1.54) is 11.1 Å². The summed E-state index contributed by atoms with van der Waals surface area (Å²) >= 11 is 0. The molecular weight excluding hydrogens is 350 g/mol. The van der Waals surface area contributed by atoms with E-state index in [-0.39, 0.29) is 17.2 Å². The quantitative estimate of drug-likeness (QED) is 0.819. The number of benzene rings is 1. The molecule has 0 radical (unpaired) electrons. The molecule has 0 heterocycles. The molecule has 0 spiro atoms. The number of carbonyl (C=O) groups is 2. The third-order valence-corrected chi connectivity index (χ3v) is 7.71. The van der Waals surface area contributed by atoms with Crippen LogP contribution in [0.3, 0.4) is 0 Å². The Labute approximate surface area is 168 Å². The fraction of sp³-hybridized carbons (Fsp3) is 0.667. The van der Waals surface area contributed by atoms with Crippen LogP contribution in [-0.4, -0.2) is 23.3 Å². The van der Waals surface area contributed by atoms with Crippen molar-refractivity contribution in [3.8, 4) is 5.75 Å². The molecule has 2 N–H and O–H groups in total. The first kappa shape index (κ1) is 19.5. The molecule has 1 amide bonds. The normalized spacial score (nSPS) is 33.9. The van der Waals surface area contributed by atoms with E-state index in [1.54, 1.807) is 6.07 Å². The molecule has 152 valence electrons. The highest BCUT2D eigenvalue weighted by atomic mass is 16.3. The predicted molar refractivity (Wildman–Crippen MR) is 109 cm³/mol. The number of phenols is 1. The number of aryl methyl sites for hydroxylation is 1. The number of ketones is 1. The average Bonchev–Trinajstić information content (AvgIpc) is 2.90. The van der Waals surface area contributed by atoms with Crippen LogP contribution in [0.2, 0.25) is 0 Å². The second kappa shape index (κ2) is 7.20. The SMILES string of the molecule is CC(C)CNC(=O)C[C@H]1C[C@H]2[C@@H]3CCc4cc(O)ccc4[C@H]3CC[C@]2(C)C1=O. The van der Waals surface area contributed by atoms with Crippen molar-refractivity contribution in [3.63, 3.8) is 0 Å². The van der Waals surface area contributed by atoms with Gasteiger partial charge < -0.3 is 10.4 Å². The number of Topliss-reactive ketones (excluding diaryl/α,β-unsaturated/α-hetero) is 1. The van der Waals surface area contributed by atoms with E-state index in [1.807, 2.05) is 6.07 Å². The summed E-state index contributed by atoms with van der Waals surface area (Å²) in [4.78, 5) is 25.6. The first-order chi connectivity index (χ1) is 13.3. The van der Waals surface area contributed by atoms with Gasteiger partial charge in [0.2, 0.25) is 5.91 Å². The van der Waals surface area contributed by atoms with Gasteiger partial charge in [-0.25, -0.2) is 0 Å². The highest BCUT2D eigenvalue weighted by Crippen LogP contribution is 2.61. The van der Waals surface area contributed by atoms with Gasteiger partial charge in [0.1, 0.15) is 11.5 Å². The second-order valence-electron chi connectivity index (χ2n) is 9.95. The summed E-state index contributed by atoms with van der Waals surface area (Å²) in [6.07, 6.45) is 5.22. The van der Waals surface area contributed by atoms with Crippen LogP contribution >= 0.6 is 0 Å². The van der Waals surface area contributed by atoms with Gasteiger partial charge in [-0.15, -0.1) is 0 Å². The predicted octanol–water partition coefficient (Wildman–Crippen LogP) is 4.21. The van der Waals surface area contributed by atoms with Gasteiger partial charge in [0.05, 0.1) is 0 Å². The van der Waals surface area contributed by atoms with Crippen LogP contribution < -0.4 is 5.32 Å². The number of hydrogen-bond acceptors (Lipinski definition) is 3. The number of carbonyl (C=O) groups excluding carboxylic acids is 2. The van der Waals surface area contributed by atoms with Crippen LogP contribution in [0, 0.1) is 29.1 Å². The first-order valence-electron chi connectivity index (χ1n) is 10.9. The van der Waals surface area contributed by atoms with Crippen molar-refractivity contribution in [1.82, 2.24) is 5.32 Å². The van der Waals surface area contributed by atoms with Crippen LogP contribution in [0.5, 0.6) is 5.75 Å². The van der Waals surface area contributed by atoms with Gasteiger partial charge in [-0.3, -0.25) is 9.59 Å². The maximum Gasteiger partial charge on any atom is 0.220 e. The molecular formula is C24H33NO3. The Morgan fingerprint density at radius 1 is 1.32 bits per heavy atom. The van der Waals surface area contributed by atoms with Crippen molar-refractivity contribution in [2.24, 2.45) is 29.1 Å². The lowest BCUT2D eigenvalue weighted by Crippen LogP contribution is -2.42. The zero-order chi connectivity index (χ0) is 20.1. The number of rotatable bonds is 4. The smallest absolute Gasteiger partial charge is 0.220 e. The van der Waals surface area contributed by atoms with Crippen molar-refractivity contribution in [2.75, 3.05) is 6.54 Å². The van der Waals surface area contributed by atoms with Gasteiger partial charge in [-0.2, -0.15) is 0 Å². The first-order valence-corrected chi connectivity index (χ1v) is 10.9. The van der Waals surface area contributed by atoms with Crippen LogP contribution in [-0.2, 0) is 16.0 Å². The molecule has 0 aromatic heterocycles. The number of amides is 1. The largest absolute Gasteiger partial charge is 0.508 e. The number of fused-ring (bicyclic) bond motifs is 5. The van der Waals surface area contributed by atoms with E-state index in [0.29, 0.717) is 48.2 Å². The Balaban J connectivity index is 1.52. The molecule has 0 aliphatic heterocycles. The van der Waals surface area contributed by atoms with E-state index in [0.717, 1.165) is 32.1 Å². The minimum absolute atomic E-state index is 0.0234. The molecule has 1 aromatic carbocycles. The molecule has 1 aromatic rings. The fourth-order valence-electron chi connectivity index (χ4n) is 6.30. The topological polar surface area (TPSA) is 66.4 Å². The molecule has 0 bridgehead atoms. The summed E-state index contributed by atoms with van der Waals surface area (Å²) in [5, 5.41) is 12.8. The standard InChI is InChI=1S/C24H33NO3/c1-14(2)13-25-22(27)12-16-11-21-20-6-4-15-10-17(26)5-7-18(15)19(20)8-9-24(21,3)23(16)28/h5,7,10,14,16,19-21,26H,4,6,8-9,11-13H2,1-3H3,(H,25,27)/t16-,19-,20-,21+,24+/m1/s1. The molecule has 28 heavy (non-hydrogen) atoms. The highest BCUT2D eigenvalue weighted by Gasteiger charge is 2.58. The summed E-state index contributed by atoms with van der Waals surface area (Å²) < 4.78 is 0. The van der Waals surface area contributed by atoms with Crippen LogP contribution in [0.1, 0.15) is 69.9 Å². The lowest BCUT2D eigenvalue weighted by atomic mass is 9.55. The maximum absolute atomic E-state index is 13.3. The zero-order valence-electron chi connectivity index (χ0n) is 17.3. The Hall–Kier alpha value is -1.84.